The maximum absolute atomic E-state index is 9.09. The predicted octanol–water partition coefficient (Wildman–Crippen LogP) is 0.804. The number of hydrogen-bond acceptors (Lipinski definition) is 4. The summed E-state index contributed by atoms with van der Waals surface area (Å²) in [5.74, 6) is 0.800. The highest BCUT2D eigenvalue weighted by Gasteiger charge is 2.23. The number of hydroxylamine groups is 1. The molecule has 0 radical (unpaired) electrons. The van der Waals surface area contributed by atoms with Gasteiger partial charge in [0.25, 0.3) is 0 Å². The average Bonchev–Trinajstić information content (AvgIpc) is 2.46. The molecule has 1 unspecified atom stereocenters. The first-order valence-electron chi connectivity index (χ1n) is 3.66. The molecule has 64 valence electrons. The Hall–Kier alpha value is -1.26. The summed E-state index contributed by atoms with van der Waals surface area (Å²) in [7, 11) is 0. The van der Waals surface area contributed by atoms with Gasteiger partial charge in [-0.05, 0) is 12.1 Å². The highest BCUT2D eigenvalue weighted by molar-refractivity contribution is 5.44. The smallest absolute Gasteiger partial charge is 0.128 e. The van der Waals surface area contributed by atoms with Crippen LogP contribution in [-0.4, -0.2) is 16.9 Å². The van der Waals surface area contributed by atoms with Gasteiger partial charge in [0.05, 0.1) is 6.04 Å². The van der Waals surface area contributed by atoms with Crippen molar-refractivity contribution in [2.75, 3.05) is 6.61 Å². The lowest BCUT2D eigenvalue weighted by Crippen LogP contribution is -2.17. The summed E-state index contributed by atoms with van der Waals surface area (Å²) in [6.07, 6.45) is 0. The average molecular weight is 167 g/mol. The second-order valence-electron chi connectivity index (χ2n) is 2.71. The summed E-state index contributed by atoms with van der Waals surface area (Å²) in [6, 6.07) is 4.65. The quantitative estimate of drug-likeness (QED) is 0.541. The van der Waals surface area contributed by atoms with Crippen LogP contribution in [0.15, 0.2) is 18.2 Å². The van der Waals surface area contributed by atoms with Crippen molar-refractivity contribution in [3.8, 4) is 11.5 Å². The molecular formula is C8H9NO3. The number of rotatable bonds is 1. The number of hydrogen-bond donors (Lipinski definition) is 3. The van der Waals surface area contributed by atoms with Crippen LogP contribution in [0.3, 0.4) is 0 Å². The van der Waals surface area contributed by atoms with Crippen LogP contribution in [0.1, 0.15) is 11.6 Å². The van der Waals surface area contributed by atoms with Crippen molar-refractivity contribution in [1.82, 2.24) is 5.48 Å². The lowest BCUT2D eigenvalue weighted by Gasteiger charge is -2.03. The van der Waals surface area contributed by atoms with Crippen molar-refractivity contribution < 1.29 is 15.1 Å². The fourth-order valence-electron chi connectivity index (χ4n) is 1.31. The summed E-state index contributed by atoms with van der Waals surface area (Å²) >= 11 is 0. The van der Waals surface area contributed by atoms with Crippen LogP contribution in [0, 0.1) is 0 Å². The van der Waals surface area contributed by atoms with Crippen molar-refractivity contribution in [1.29, 1.82) is 0 Å². The lowest BCUT2D eigenvalue weighted by atomic mass is 10.1. The number of aromatic hydroxyl groups is 1. The van der Waals surface area contributed by atoms with Crippen LogP contribution in [-0.2, 0) is 0 Å². The van der Waals surface area contributed by atoms with E-state index >= 15 is 0 Å². The molecule has 1 aliphatic heterocycles. The zero-order chi connectivity index (χ0) is 8.55. The number of fused-ring (bicyclic) bond motifs is 1. The van der Waals surface area contributed by atoms with Crippen molar-refractivity contribution in [2.45, 2.75) is 6.04 Å². The van der Waals surface area contributed by atoms with Crippen LogP contribution >= 0.6 is 0 Å². The van der Waals surface area contributed by atoms with Crippen LogP contribution in [0.4, 0.5) is 0 Å². The number of phenols is 1. The Kier molecular flexibility index (Phi) is 1.64. The van der Waals surface area contributed by atoms with Gasteiger partial charge in [0.1, 0.15) is 18.1 Å². The standard InChI is InChI=1S/C8H9NO3/c10-5-1-2-6-7(9-11)4-12-8(6)3-5/h1-3,7,9-11H,4H2. The minimum Gasteiger partial charge on any atom is -0.508 e. The molecule has 2 rings (SSSR count). The monoisotopic (exact) mass is 167 g/mol. The van der Waals surface area contributed by atoms with Gasteiger partial charge in [0.15, 0.2) is 0 Å². The second kappa shape index (κ2) is 2.66. The molecule has 1 aliphatic rings. The third-order valence-electron chi connectivity index (χ3n) is 1.93. The molecule has 0 amide bonds. The van der Waals surface area contributed by atoms with E-state index in [2.05, 4.69) is 5.48 Å². The maximum Gasteiger partial charge on any atom is 0.128 e. The zero-order valence-electron chi connectivity index (χ0n) is 6.32. The third kappa shape index (κ3) is 1.01. The molecule has 1 aromatic carbocycles. The number of nitrogens with one attached hydrogen (secondary N) is 1. The van der Waals surface area contributed by atoms with Gasteiger partial charge in [0.2, 0.25) is 0 Å². The Morgan fingerprint density at radius 2 is 2.33 bits per heavy atom. The zero-order valence-corrected chi connectivity index (χ0v) is 6.32. The van der Waals surface area contributed by atoms with Crippen molar-refractivity contribution in [3.63, 3.8) is 0 Å². The molecule has 0 aromatic heterocycles. The van der Waals surface area contributed by atoms with Crippen molar-refractivity contribution >= 4 is 0 Å². The number of phenolic OH excluding ortho intramolecular Hbond substituents is 1. The number of ether oxygens (including phenoxy) is 1. The Balaban J connectivity index is 2.40. The molecule has 12 heavy (non-hydrogen) atoms. The highest BCUT2D eigenvalue weighted by Crippen LogP contribution is 2.34. The van der Waals surface area contributed by atoms with Crippen molar-refractivity contribution in [2.24, 2.45) is 0 Å². The minimum atomic E-state index is -0.180. The fourth-order valence-corrected chi connectivity index (χ4v) is 1.31. The molecule has 0 saturated carbocycles. The number of benzene rings is 1. The first kappa shape index (κ1) is 7.39. The van der Waals surface area contributed by atoms with E-state index in [9.17, 15) is 0 Å². The molecule has 0 aliphatic carbocycles. The molecule has 0 fully saturated rings. The van der Waals surface area contributed by atoms with Gasteiger partial charge < -0.3 is 15.1 Å². The molecule has 3 N–H and O–H groups in total. The van der Waals surface area contributed by atoms with Crippen LogP contribution in [0.5, 0.6) is 11.5 Å². The van der Waals surface area contributed by atoms with Gasteiger partial charge in [-0.1, -0.05) is 0 Å². The summed E-state index contributed by atoms with van der Waals surface area (Å²) < 4.78 is 5.20. The van der Waals surface area contributed by atoms with Crippen molar-refractivity contribution in [3.05, 3.63) is 23.8 Å². The van der Waals surface area contributed by atoms with E-state index < -0.39 is 0 Å². The minimum absolute atomic E-state index is 0.173. The second-order valence-corrected chi connectivity index (χ2v) is 2.71. The van der Waals surface area contributed by atoms with Gasteiger partial charge >= 0.3 is 0 Å². The van der Waals surface area contributed by atoms with Gasteiger partial charge in [-0.25, -0.2) is 0 Å². The Morgan fingerprint density at radius 1 is 1.50 bits per heavy atom. The molecule has 4 nitrogen and oxygen atoms in total. The van der Waals surface area contributed by atoms with E-state index in [1.54, 1.807) is 12.1 Å². The summed E-state index contributed by atoms with van der Waals surface area (Å²) in [5, 5.41) is 17.8. The predicted molar refractivity (Wildman–Crippen MR) is 41.3 cm³/mol. The van der Waals surface area contributed by atoms with E-state index in [0.717, 1.165) is 5.56 Å². The maximum atomic E-state index is 9.09. The van der Waals surface area contributed by atoms with Gasteiger partial charge in [-0.15, -0.1) is 0 Å². The third-order valence-corrected chi connectivity index (χ3v) is 1.93. The lowest BCUT2D eigenvalue weighted by molar-refractivity contribution is 0.113. The van der Waals surface area contributed by atoms with Gasteiger partial charge in [-0.3, -0.25) is 0 Å². The van der Waals surface area contributed by atoms with Gasteiger partial charge in [0, 0.05) is 11.6 Å². The van der Waals surface area contributed by atoms with Crippen LogP contribution < -0.4 is 10.2 Å². The Bertz CT molecular complexity index is 300. The molecule has 1 aromatic rings. The van der Waals surface area contributed by atoms with E-state index in [1.165, 1.54) is 6.07 Å². The molecule has 1 heterocycles. The van der Waals surface area contributed by atoms with Crippen LogP contribution in [0.25, 0.3) is 0 Å². The molecule has 4 heteroatoms. The summed E-state index contributed by atoms with van der Waals surface area (Å²) in [5.41, 5.74) is 3.00. The molecule has 0 saturated heterocycles. The fraction of sp³-hybridized carbons (Fsp3) is 0.250. The van der Waals surface area contributed by atoms with E-state index in [0.29, 0.717) is 12.4 Å². The first-order chi connectivity index (χ1) is 5.81. The summed E-state index contributed by atoms with van der Waals surface area (Å²) in [6.45, 7) is 0.398. The van der Waals surface area contributed by atoms with E-state index in [4.69, 9.17) is 15.1 Å². The summed E-state index contributed by atoms with van der Waals surface area (Å²) in [4.78, 5) is 0. The molecule has 1 atom stereocenters. The largest absolute Gasteiger partial charge is 0.508 e. The SMILES string of the molecule is ONC1COc2cc(O)ccc21. The normalized spacial score (nSPS) is 20.2. The Labute approximate surface area is 69.4 Å². The Morgan fingerprint density at radius 3 is 3.08 bits per heavy atom. The highest BCUT2D eigenvalue weighted by atomic mass is 16.5. The van der Waals surface area contributed by atoms with Crippen LogP contribution in [0.2, 0.25) is 0 Å². The van der Waals surface area contributed by atoms with E-state index in [1.807, 2.05) is 0 Å². The van der Waals surface area contributed by atoms with E-state index in [-0.39, 0.29) is 11.8 Å². The molecular weight excluding hydrogens is 158 g/mol. The first-order valence-corrected chi connectivity index (χ1v) is 3.66. The topological polar surface area (TPSA) is 61.7 Å². The van der Waals surface area contributed by atoms with Gasteiger partial charge in [-0.2, -0.15) is 5.48 Å². The molecule has 0 bridgehead atoms. The molecule has 0 spiro atoms.